The quantitative estimate of drug-likeness (QED) is 0.147. The summed E-state index contributed by atoms with van der Waals surface area (Å²) in [6, 6.07) is 96.9. The van der Waals surface area contributed by atoms with Crippen LogP contribution in [-0.4, -0.2) is 4.57 Å². The number of nitrogens with zero attached hydrogens (tertiary/aromatic N) is 2. The molecule has 0 unspecified atom stereocenters. The molecule has 0 fully saturated rings. The minimum Gasteiger partial charge on any atom is -0.335 e. The fraction of sp³-hybridized carbons (Fsp3) is 0.0725. The zero-order valence-electron chi connectivity index (χ0n) is 40.2. The first kappa shape index (κ1) is 42.4. The SMILES string of the molecule is CC(C)(C)n1c2ccccc2c2ccc(-c3ccc(N(c4cc(-c5ccccc5)c5c(c4)C(c4ccccc4)(c4ccccc4)c4ccccc4-5)c4ccc5ccccc5c4-c4ccccc4)cc3)cc21. The summed E-state index contributed by atoms with van der Waals surface area (Å²) in [6.07, 6.45) is 0. The van der Waals surface area contributed by atoms with Gasteiger partial charge in [0.05, 0.1) is 16.6 Å². The molecule has 0 saturated carbocycles. The maximum atomic E-state index is 2.52. The third-order valence-corrected chi connectivity index (χ3v) is 14.9. The second-order valence-corrected chi connectivity index (χ2v) is 20.0. The molecule has 0 saturated heterocycles. The van der Waals surface area contributed by atoms with Crippen molar-refractivity contribution in [1.29, 1.82) is 0 Å². The van der Waals surface area contributed by atoms with E-state index in [0.717, 1.165) is 17.1 Å². The highest BCUT2D eigenvalue weighted by atomic mass is 15.1. The molecule has 13 rings (SSSR count). The van der Waals surface area contributed by atoms with E-state index >= 15 is 0 Å². The van der Waals surface area contributed by atoms with E-state index in [1.807, 2.05) is 0 Å². The Kier molecular flexibility index (Phi) is 10.0. The third kappa shape index (κ3) is 6.78. The largest absolute Gasteiger partial charge is 0.335 e. The van der Waals surface area contributed by atoms with Crippen molar-refractivity contribution in [3.05, 3.63) is 283 Å². The van der Waals surface area contributed by atoms with Gasteiger partial charge >= 0.3 is 0 Å². The minimum absolute atomic E-state index is 0.102. The topological polar surface area (TPSA) is 8.17 Å². The van der Waals surface area contributed by atoms with Crippen LogP contribution in [0.25, 0.3) is 77.1 Å². The highest BCUT2D eigenvalue weighted by Gasteiger charge is 2.47. The Morgan fingerprint density at radius 2 is 0.915 bits per heavy atom. The molecule has 11 aromatic carbocycles. The van der Waals surface area contributed by atoms with Crippen LogP contribution in [0.2, 0.25) is 0 Å². The molecule has 1 aliphatic rings. The van der Waals surface area contributed by atoms with Crippen LogP contribution in [0.15, 0.2) is 261 Å². The average molecular weight is 909 g/mol. The Bertz CT molecular complexity index is 3900. The van der Waals surface area contributed by atoms with Gasteiger partial charge in [-0.05, 0) is 135 Å². The fourth-order valence-electron chi connectivity index (χ4n) is 12.0. The predicted octanol–water partition coefficient (Wildman–Crippen LogP) is 18.5. The van der Waals surface area contributed by atoms with Crippen molar-refractivity contribution >= 4 is 49.6 Å². The average Bonchev–Trinajstić information content (AvgIpc) is 3.93. The number of aromatic nitrogens is 1. The lowest BCUT2D eigenvalue weighted by atomic mass is 9.67. The summed E-state index contributed by atoms with van der Waals surface area (Å²) < 4.78 is 2.50. The van der Waals surface area contributed by atoms with Gasteiger partial charge in [-0.15, -0.1) is 0 Å². The molecular formula is C69H52N2. The van der Waals surface area contributed by atoms with Gasteiger partial charge in [0.2, 0.25) is 0 Å². The van der Waals surface area contributed by atoms with Gasteiger partial charge in [0, 0.05) is 38.8 Å². The highest BCUT2D eigenvalue weighted by molar-refractivity contribution is 6.10. The number of rotatable bonds is 8. The normalized spacial score (nSPS) is 12.8. The highest BCUT2D eigenvalue weighted by Crippen LogP contribution is 2.60. The Morgan fingerprint density at radius 3 is 1.61 bits per heavy atom. The molecule has 0 bridgehead atoms. The second-order valence-electron chi connectivity index (χ2n) is 20.0. The molecule has 0 spiro atoms. The second kappa shape index (κ2) is 16.8. The zero-order valence-corrected chi connectivity index (χ0v) is 40.2. The van der Waals surface area contributed by atoms with Gasteiger partial charge in [-0.1, -0.05) is 218 Å². The number of fused-ring (bicyclic) bond motifs is 7. The van der Waals surface area contributed by atoms with E-state index in [1.54, 1.807) is 0 Å². The summed E-state index contributed by atoms with van der Waals surface area (Å²) in [4.78, 5) is 2.52. The van der Waals surface area contributed by atoms with E-state index in [1.165, 1.54) is 99.3 Å². The zero-order chi connectivity index (χ0) is 47.7. The molecule has 12 aromatic rings. The first-order chi connectivity index (χ1) is 34.9. The molecule has 2 nitrogen and oxygen atoms in total. The molecule has 0 N–H and O–H groups in total. The van der Waals surface area contributed by atoms with Crippen LogP contribution < -0.4 is 4.90 Å². The van der Waals surface area contributed by atoms with Gasteiger partial charge in [-0.25, -0.2) is 0 Å². The number of para-hydroxylation sites is 1. The maximum absolute atomic E-state index is 2.52. The number of anilines is 3. The van der Waals surface area contributed by atoms with E-state index in [-0.39, 0.29) is 5.54 Å². The molecule has 0 aliphatic heterocycles. The molecule has 1 aromatic heterocycles. The van der Waals surface area contributed by atoms with Crippen LogP contribution in [0.4, 0.5) is 17.1 Å². The summed E-state index contributed by atoms with van der Waals surface area (Å²) in [5, 5.41) is 4.98. The molecule has 0 atom stereocenters. The van der Waals surface area contributed by atoms with Gasteiger partial charge in [-0.3, -0.25) is 0 Å². The molecule has 338 valence electrons. The first-order valence-electron chi connectivity index (χ1n) is 24.8. The predicted molar refractivity (Wildman–Crippen MR) is 300 cm³/mol. The van der Waals surface area contributed by atoms with Gasteiger partial charge in [0.1, 0.15) is 0 Å². The Hall–Kier alpha value is -8.72. The van der Waals surface area contributed by atoms with Crippen LogP contribution in [0.1, 0.15) is 43.0 Å². The monoisotopic (exact) mass is 908 g/mol. The lowest BCUT2D eigenvalue weighted by molar-refractivity contribution is 0.423. The molecule has 2 heteroatoms. The van der Waals surface area contributed by atoms with Crippen molar-refractivity contribution in [3.8, 4) is 44.5 Å². The summed E-state index contributed by atoms with van der Waals surface area (Å²) in [6.45, 7) is 6.90. The lowest BCUT2D eigenvalue weighted by Gasteiger charge is -2.35. The van der Waals surface area contributed by atoms with Gasteiger partial charge < -0.3 is 9.47 Å². The van der Waals surface area contributed by atoms with Crippen molar-refractivity contribution in [3.63, 3.8) is 0 Å². The molecule has 71 heavy (non-hydrogen) atoms. The molecule has 0 amide bonds. The number of hydrogen-bond donors (Lipinski definition) is 0. The van der Waals surface area contributed by atoms with Crippen molar-refractivity contribution in [2.75, 3.05) is 4.90 Å². The molecule has 1 aliphatic carbocycles. The molecule has 0 radical (unpaired) electrons. The van der Waals surface area contributed by atoms with Crippen LogP contribution in [0, 0.1) is 0 Å². The van der Waals surface area contributed by atoms with Crippen molar-refractivity contribution in [2.24, 2.45) is 0 Å². The molecule has 1 heterocycles. The van der Waals surface area contributed by atoms with E-state index < -0.39 is 5.41 Å². The van der Waals surface area contributed by atoms with E-state index in [2.05, 4.69) is 291 Å². The van der Waals surface area contributed by atoms with E-state index in [0.29, 0.717) is 0 Å². The summed E-state index contributed by atoms with van der Waals surface area (Å²) in [7, 11) is 0. The van der Waals surface area contributed by atoms with Crippen LogP contribution in [0.3, 0.4) is 0 Å². The van der Waals surface area contributed by atoms with Crippen LogP contribution in [0.5, 0.6) is 0 Å². The van der Waals surface area contributed by atoms with E-state index in [9.17, 15) is 0 Å². The lowest BCUT2D eigenvalue weighted by Crippen LogP contribution is -2.28. The summed E-state index contributed by atoms with van der Waals surface area (Å²) in [5.74, 6) is 0. The van der Waals surface area contributed by atoms with Crippen LogP contribution in [-0.2, 0) is 11.0 Å². The van der Waals surface area contributed by atoms with Crippen LogP contribution >= 0.6 is 0 Å². The summed E-state index contributed by atoms with van der Waals surface area (Å²) in [5.41, 5.74) is 19.7. The van der Waals surface area contributed by atoms with Crippen molar-refractivity contribution < 1.29 is 0 Å². The van der Waals surface area contributed by atoms with E-state index in [4.69, 9.17) is 0 Å². The maximum Gasteiger partial charge on any atom is 0.0714 e. The first-order valence-corrected chi connectivity index (χ1v) is 24.8. The van der Waals surface area contributed by atoms with Crippen molar-refractivity contribution in [1.82, 2.24) is 4.57 Å². The molecular weight excluding hydrogens is 857 g/mol. The standard InChI is InChI=1S/C69H52N2/c1-68(2,3)71-63-35-21-19-32-57(63)58-42-38-51(44-65(58)71)47-36-40-54(41-37-47)70(64-43-39-49-24-16-17-31-56(49)66(64)50-25-10-5-11-26-50)55-45-60(48-22-8-4-9-23-48)67-59-33-18-20-34-61(59)69(62(67)46-55,52-27-12-6-13-28-52)53-29-14-7-15-30-53/h4-46H,1-3H3. The Morgan fingerprint density at radius 1 is 0.352 bits per heavy atom. The number of benzene rings is 11. The van der Waals surface area contributed by atoms with Crippen molar-refractivity contribution in [2.45, 2.75) is 31.7 Å². The fourth-order valence-corrected chi connectivity index (χ4v) is 12.0. The number of hydrogen-bond acceptors (Lipinski definition) is 1. The Balaban J connectivity index is 1.10. The Labute approximate surface area is 416 Å². The van der Waals surface area contributed by atoms with Gasteiger partial charge in [0.15, 0.2) is 0 Å². The third-order valence-electron chi connectivity index (χ3n) is 14.9. The smallest absolute Gasteiger partial charge is 0.0714 e. The van der Waals surface area contributed by atoms with Gasteiger partial charge in [0.25, 0.3) is 0 Å². The minimum atomic E-state index is -0.608. The van der Waals surface area contributed by atoms with Gasteiger partial charge in [-0.2, -0.15) is 0 Å². The summed E-state index contributed by atoms with van der Waals surface area (Å²) >= 11 is 0.